The number of H-pyrrole nitrogens is 2. The van der Waals surface area contributed by atoms with Crippen molar-refractivity contribution in [1.82, 2.24) is 34.7 Å². The Balaban J connectivity index is 1.49. The van der Waals surface area contributed by atoms with Crippen LogP contribution < -0.4 is 5.69 Å². The van der Waals surface area contributed by atoms with Crippen molar-refractivity contribution in [3.05, 3.63) is 47.3 Å². The minimum absolute atomic E-state index is 0.124. The van der Waals surface area contributed by atoms with Gasteiger partial charge in [-0.05, 0) is 25.7 Å². The highest BCUT2D eigenvalue weighted by atomic mass is 16.5. The molecule has 1 aliphatic rings. The molecule has 0 saturated heterocycles. The van der Waals surface area contributed by atoms with Crippen LogP contribution in [0.5, 0.6) is 0 Å². The van der Waals surface area contributed by atoms with Crippen molar-refractivity contribution in [3.8, 4) is 22.8 Å². The normalized spacial score (nSPS) is 19.6. The van der Waals surface area contributed by atoms with E-state index in [0.29, 0.717) is 22.8 Å². The Bertz CT molecular complexity index is 1170. The molecule has 1 aromatic carbocycles. The van der Waals surface area contributed by atoms with Gasteiger partial charge in [0.05, 0.1) is 12.3 Å². The number of rotatable bonds is 4. The zero-order valence-corrected chi connectivity index (χ0v) is 16.0. The lowest BCUT2D eigenvalue weighted by molar-refractivity contribution is 0.0585. The summed E-state index contributed by atoms with van der Waals surface area (Å²) in [5, 5.41) is 6.80. The molecule has 9 heteroatoms. The minimum atomic E-state index is -0.132. The Labute approximate surface area is 166 Å². The lowest BCUT2D eigenvalue weighted by Crippen LogP contribution is -2.28. The van der Waals surface area contributed by atoms with Crippen molar-refractivity contribution in [2.75, 3.05) is 7.11 Å². The number of aromatic nitrogens is 7. The summed E-state index contributed by atoms with van der Waals surface area (Å²) in [7, 11) is 1.75. The third-order valence-corrected chi connectivity index (χ3v) is 5.62. The second-order valence-electron chi connectivity index (χ2n) is 7.30. The number of ether oxygens (including phenoxy) is 1. The van der Waals surface area contributed by atoms with E-state index in [1.165, 1.54) is 0 Å². The molecule has 0 spiro atoms. The average Bonchev–Trinajstić information content (AvgIpc) is 3.41. The number of imidazole rings is 1. The molecule has 0 radical (unpaired) electrons. The van der Waals surface area contributed by atoms with Gasteiger partial charge in [0, 0.05) is 24.3 Å². The highest BCUT2D eigenvalue weighted by molar-refractivity contribution is 5.73. The standard InChI is InChI=1S/C20H21N7O2/c1-29-15-8-6-14(7-9-15)27-19-16(24-20(27)28)10-21-17(25-19)12-2-4-13(5-3-12)18-22-11-23-26-18/h2-5,10-11,14-15H,6-9H2,1H3,(H,24,28)(H,22,23,26)/t14-,15+. The van der Waals surface area contributed by atoms with Gasteiger partial charge in [-0.15, -0.1) is 0 Å². The number of nitrogens with zero attached hydrogens (tertiary/aromatic N) is 5. The van der Waals surface area contributed by atoms with E-state index >= 15 is 0 Å². The molecule has 0 unspecified atom stereocenters. The van der Waals surface area contributed by atoms with Gasteiger partial charge < -0.3 is 9.72 Å². The van der Waals surface area contributed by atoms with E-state index in [4.69, 9.17) is 9.72 Å². The molecule has 148 valence electrons. The molecule has 9 nitrogen and oxygen atoms in total. The van der Waals surface area contributed by atoms with Crippen LogP contribution in [0.4, 0.5) is 0 Å². The highest BCUT2D eigenvalue weighted by Crippen LogP contribution is 2.31. The van der Waals surface area contributed by atoms with E-state index < -0.39 is 0 Å². The Morgan fingerprint density at radius 3 is 2.41 bits per heavy atom. The minimum Gasteiger partial charge on any atom is -0.381 e. The van der Waals surface area contributed by atoms with Crippen LogP contribution in [-0.4, -0.2) is 47.9 Å². The fourth-order valence-electron chi connectivity index (χ4n) is 4.05. The summed E-state index contributed by atoms with van der Waals surface area (Å²) in [5.41, 5.74) is 2.95. The Hall–Kier alpha value is -3.33. The predicted octanol–water partition coefficient (Wildman–Crippen LogP) is 2.70. The van der Waals surface area contributed by atoms with Crippen LogP contribution in [0.2, 0.25) is 0 Å². The third kappa shape index (κ3) is 3.23. The van der Waals surface area contributed by atoms with Gasteiger partial charge in [-0.2, -0.15) is 5.10 Å². The van der Waals surface area contributed by atoms with Crippen molar-refractivity contribution in [1.29, 1.82) is 0 Å². The van der Waals surface area contributed by atoms with Gasteiger partial charge in [0.1, 0.15) is 11.8 Å². The van der Waals surface area contributed by atoms with Crippen LogP contribution in [0.1, 0.15) is 31.7 Å². The second-order valence-corrected chi connectivity index (χ2v) is 7.30. The first kappa shape index (κ1) is 17.7. The van der Waals surface area contributed by atoms with Gasteiger partial charge in [-0.3, -0.25) is 9.67 Å². The monoisotopic (exact) mass is 391 g/mol. The zero-order valence-electron chi connectivity index (χ0n) is 16.0. The summed E-state index contributed by atoms with van der Waals surface area (Å²) < 4.78 is 7.24. The maximum Gasteiger partial charge on any atom is 0.327 e. The smallest absolute Gasteiger partial charge is 0.327 e. The lowest BCUT2D eigenvalue weighted by atomic mass is 9.93. The first-order chi connectivity index (χ1) is 14.2. The Morgan fingerprint density at radius 2 is 1.76 bits per heavy atom. The molecule has 5 rings (SSSR count). The fourth-order valence-corrected chi connectivity index (χ4v) is 4.05. The number of aromatic amines is 2. The van der Waals surface area contributed by atoms with Crippen LogP contribution in [0.25, 0.3) is 33.9 Å². The maximum absolute atomic E-state index is 12.6. The number of methoxy groups -OCH3 is 1. The van der Waals surface area contributed by atoms with E-state index in [1.807, 2.05) is 24.3 Å². The van der Waals surface area contributed by atoms with Crippen molar-refractivity contribution in [2.24, 2.45) is 0 Å². The second kappa shape index (κ2) is 7.25. The van der Waals surface area contributed by atoms with Gasteiger partial charge in [0.2, 0.25) is 0 Å². The highest BCUT2D eigenvalue weighted by Gasteiger charge is 2.25. The van der Waals surface area contributed by atoms with Gasteiger partial charge >= 0.3 is 5.69 Å². The van der Waals surface area contributed by atoms with E-state index in [0.717, 1.165) is 36.8 Å². The summed E-state index contributed by atoms with van der Waals surface area (Å²) in [6.45, 7) is 0. The molecule has 0 amide bonds. The summed E-state index contributed by atoms with van der Waals surface area (Å²) >= 11 is 0. The lowest BCUT2D eigenvalue weighted by Gasteiger charge is -2.28. The molecule has 4 aromatic rings. The van der Waals surface area contributed by atoms with Crippen molar-refractivity contribution in [3.63, 3.8) is 0 Å². The summed E-state index contributed by atoms with van der Waals surface area (Å²) in [5.74, 6) is 1.22. The number of fused-ring (bicyclic) bond motifs is 1. The fraction of sp³-hybridized carbons (Fsp3) is 0.350. The quantitative estimate of drug-likeness (QED) is 0.553. The first-order valence-electron chi connectivity index (χ1n) is 9.69. The third-order valence-electron chi connectivity index (χ3n) is 5.62. The van der Waals surface area contributed by atoms with Gasteiger partial charge in [0.25, 0.3) is 0 Å². The zero-order chi connectivity index (χ0) is 19.8. The van der Waals surface area contributed by atoms with Gasteiger partial charge in [-0.25, -0.2) is 19.7 Å². The van der Waals surface area contributed by atoms with Crippen LogP contribution in [-0.2, 0) is 4.74 Å². The number of hydrogen-bond acceptors (Lipinski definition) is 6. The molecular formula is C20H21N7O2. The van der Waals surface area contributed by atoms with E-state index in [2.05, 4.69) is 25.1 Å². The molecule has 1 fully saturated rings. The SMILES string of the molecule is CO[C@H]1CC[C@@H](n2c(=O)[nH]c3cnc(-c4ccc(-c5nc[nH]n5)cc4)nc32)CC1. The van der Waals surface area contributed by atoms with Crippen LogP contribution in [0.3, 0.4) is 0 Å². The Morgan fingerprint density at radius 1 is 1.03 bits per heavy atom. The predicted molar refractivity (Wildman–Crippen MR) is 107 cm³/mol. The van der Waals surface area contributed by atoms with E-state index in [1.54, 1.807) is 24.2 Å². The van der Waals surface area contributed by atoms with E-state index in [9.17, 15) is 4.79 Å². The van der Waals surface area contributed by atoms with Crippen molar-refractivity contribution >= 4 is 11.2 Å². The summed E-state index contributed by atoms with van der Waals surface area (Å²) in [6.07, 6.45) is 7.19. The van der Waals surface area contributed by atoms with Gasteiger partial charge in [0.15, 0.2) is 17.3 Å². The van der Waals surface area contributed by atoms with E-state index in [-0.39, 0.29) is 17.8 Å². The molecule has 3 aromatic heterocycles. The molecule has 2 N–H and O–H groups in total. The van der Waals surface area contributed by atoms with Crippen molar-refractivity contribution < 1.29 is 4.74 Å². The summed E-state index contributed by atoms with van der Waals surface area (Å²) in [4.78, 5) is 28.8. The number of benzene rings is 1. The first-order valence-corrected chi connectivity index (χ1v) is 9.69. The molecule has 1 aliphatic carbocycles. The molecular weight excluding hydrogens is 370 g/mol. The molecule has 0 aliphatic heterocycles. The average molecular weight is 391 g/mol. The topological polar surface area (TPSA) is 114 Å². The molecule has 1 saturated carbocycles. The number of hydrogen-bond donors (Lipinski definition) is 2. The number of nitrogens with one attached hydrogen (secondary N) is 2. The molecule has 0 bridgehead atoms. The maximum atomic E-state index is 12.6. The molecule has 3 heterocycles. The largest absolute Gasteiger partial charge is 0.381 e. The van der Waals surface area contributed by atoms with Crippen LogP contribution in [0.15, 0.2) is 41.6 Å². The molecule has 29 heavy (non-hydrogen) atoms. The Kier molecular flexibility index (Phi) is 4.44. The molecule has 0 atom stereocenters. The van der Waals surface area contributed by atoms with Crippen molar-refractivity contribution in [2.45, 2.75) is 37.8 Å². The van der Waals surface area contributed by atoms with Crippen LogP contribution in [0, 0.1) is 0 Å². The van der Waals surface area contributed by atoms with Gasteiger partial charge in [-0.1, -0.05) is 24.3 Å². The summed E-state index contributed by atoms with van der Waals surface area (Å²) in [6, 6.07) is 7.86. The van der Waals surface area contributed by atoms with Crippen LogP contribution >= 0.6 is 0 Å².